The zero-order valence-corrected chi connectivity index (χ0v) is 14.5. The summed E-state index contributed by atoms with van der Waals surface area (Å²) in [5.41, 5.74) is 4.23. The highest BCUT2D eigenvalue weighted by Crippen LogP contribution is 2.24. The molecule has 0 unspecified atom stereocenters. The van der Waals surface area contributed by atoms with Gasteiger partial charge in [0.15, 0.2) is 5.65 Å². The maximum atomic E-state index is 12.4. The lowest BCUT2D eigenvalue weighted by molar-refractivity contribution is -0.115. The number of hydrogen-bond donors (Lipinski definition) is 1. The number of aromatic nitrogens is 3. The van der Waals surface area contributed by atoms with Gasteiger partial charge in [0.05, 0.1) is 24.0 Å². The largest absolute Gasteiger partial charge is 0.323 e. The monoisotopic (exact) mass is 362 g/mol. The Kier molecular flexibility index (Phi) is 4.37. The topological polar surface area (TPSA) is 59.3 Å². The third-order valence-electron chi connectivity index (χ3n) is 4.06. The molecule has 4 rings (SSSR count). The number of carbonyl (C=O) groups excluding carboxylic acids is 1. The van der Waals surface area contributed by atoms with Crippen molar-refractivity contribution in [2.24, 2.45) is 0 Å². The van der Waals surface area contributed by atoms with Gasteiger partial charge < -0.3 is 5.32 Å². The van der Waals surface area contributed by atoms with Gasteiger partial charge in [-0.05, 0) is 42.0 Å². The molecule has 0 aliphatic heterocycles. The van der Waals surface area contributed by atoms with Gasteiger partial charge >= 0.3 is 0 Å². The van der Waals surface area contributed by atoms with E-state index in [1.54, 1.807) is 30.7 Å². The van der Waals surface area contributed by atoms with Crippen LogP contribution in [0.1, 0.15) is 5.56 Å². The Morgan fingerprint density at radius 1 is 1.08 bits per heavy atom. The summed E-state index contributed by atoms with van der Waals surface area (Å²) in [6.07, 6.45) is 7.47. The molecule has 5 nitrogen and oxygen atoms in total. The van der Waals surface area contributed by atoms with Crippen molar-refractivity contribution >= 4 is 28.8 Å². The first-order valence-corrected chi connectivity index (χ1v) is 8.49. The normalized spacial score (nSPS) is 10.8. The van der Waals surface area contributed by atoms with E-state index in [9.17, 15) is 4.79 Å². The maximum Gasteiger partial charge on any atom is 0.228 e. The first kappa shape index (κ1) is 16.3. The summed E-state index contributed by atoms with van der Waals surface area (Å²) >= 11 is 5.88. The van der Waals surface area contributed by atoms with Crippen molar-refractivity contribution in [2.75, 3.05) is 5.32 Å². The predicted octanol–water partition coefficient (Wildman–Crippen LogP) is 4.23. The Morgan fingerprint density at radius 2 is 1.85 bits per heavy atom. The molecule has 1 amide bonds. The van der Waals surface area contributed by atoms with E-state index in [0.717, 1.165) is 16.8 Å². The van der Waals surface area contributed by atoms with Gasteiger partial charge in [-0.15, -0.1) is 0 Å². The highest BCUT2D eigenvalue weighted by atomic mass is 35.5. The molecule has 0 bridgehead atoms. The third kappa shape index (κ3) is 3.30. The Balaban J connectivity index is 1.60. The number of halogens is 1. The van der Waals surface area contributed by atoms with E-state index in [-0.39, 0.29) is 12.3 Å². The van der Waals surface area contributed by atoms with Crippen LogP contribution in [0.2, 0.25) is 5.02 Å². The molecule has 4 aromatic rings. The SMILES string of the molecule is O=C(Cc1ccc(Cl)cc1)Nc1cccn2c(-c3ccncc3)cnc12. The van der Waals surface area contributed by atoms with Crippen LogP contribution < -0.4 is 5.32 Å². The molecule has 0 spiro atoms. The van der Waals surface area contributed by atoms with E-state index in [1.165, 1.54) is 0 Å². The van der Waals surface area contributed by atoms with Crippen LogP contribution in [0.15, 0.2) is 73.3 Å². The number of anilines is 1. The summed E-state index contributed by atoms with van der Waals surface area (Å²) < 4.78 is 1.95. The van der Waals surface area contributed by atoms with E-state index in [0.29, 0.717) is 16.4 Å². The number of amides is 1. The van der Waals surface area contributed by atoms with E-state index in [4.69, 9.17) is 11.6 Å². The lowest BCUT2D eigenvalue weighted by atomic mass is 10.1. The van der Waals surface area contributed by atoms with Crippen molar-refractivity contribution in [2.45, 2.75) is 6.42 Å². The lowest BCUT2D eigenvalue weighted by Crippen LogP contribution is -2.15. The molecule has 0 fully saturated rings. The van der Waals surface area contributed by atoms with Crippen molar-refractivity contribution < 1.29 is 4.79 Å². The minimum Gasteiger partial charge on any atom is -0.323 e. The second kappa shape index (κ2) is 6.98. The molecule has 128 valence electrons. The molecule has 0 aliphatic carbocycles. The Hall–Kier alpha value is -3.18. The third-order valence-corrected chi connectivity index (χ3v) is 4.32. The second-order valence-electron chi connectivity index (χ2n) is 5.85. The van der Waals surface area contributed by atoms with Crippen molar-refractivity contribution in [1.82, 2.24) is 14.4 Å². The van der Waals surface area contributed by atoms with E-state index >= 15 is 0 Å². The molecule has 1 aromatic carbocycles. The molecule has 3 heterocycles. The number of carbonyl (C=O) groups is 1. The van der Waals surface area contributed by atoms with Crippen LogP contribution in [0.3, 0.4) is 0 Å². The Morgan fingerprint density at radius 3 is 2.62 bits per heavy atom. The minimum atomic E-state index is -0.103. The number of nitrogens with one attached hydrogen (secondary N) is 1. The standard InChI is InChI=1S/C20H15ClN4O/c21-16-5-3-14(4-6-16)12-19(26)24-17-2-1-11-25-18(13-23-20(17)25)15-7-9-22-10-8-15/h1-11,13H,12H2,(H,24,26). The van der Waals surface area contributed by atoms with Crippen LogP contribution >= 0.6 is 11.6 Å². The summed E-state index contributed by atoms with van der Waals surface area (Å²) in [6, 6.07) is 14.8. The average Bonchev–Trinajstić information content (AvgIpc) is 3.09. The zero-order valence-electron chi connectivity index (χ0n) is 13.8. The minimum absolute atomic E-state index is 0.103. The van der Waals surface area contributed by atoms with E-state index in [1.807, 2.05) is 47.0 Å². The first-order chi connectivity index (χ1) is 12.7. The molecule has 3 aromatic heterocycles. The van der Waals surface area contributed by atoms with Gasteiger partial charge in [-0.25, -0.2) is 4.98 Å². The van der Waals surface area contributed by atoms with Crippen LogP contribution in [0, 0.1) is 0 Å². The van der Waals surface area contributed by atoms with Crippen LogP contribution in [0.5, 0.6) is 0 Å². The van der Waals surface area contributed by atoms with Gasteiger partial charge in [0, 0.05) is 29.2 Å². The fraction of sp³-hybridized carbons (Fsp3) is 0.0500. The van der Waals surface area contributed by atoms with Crippen LogP contribution in [0.4, 0.5) is 5.69 Å². The predicted molar refractivity (Wildman–Crippen MR) is 102 cm³/mol. The molecule has 0 atom stereocenters. The molecular weight excluding hydrogens is 348 g/mol. The number of imidazole rings is 1. The van der Waals surface area contributed by atoms with Crippen molar-refractivity contribution in [3.8, 4) is 11.3 Å². The van der Waals surface area contributed by atoms with E-state index in [2.05, 4.69) is 15.3 Å². The molecule has 1 N–H and O–H groups in total. The van der Waals surface area contributed by atoms with Gasteiger partial charge in [0.2, 0.25) is 5.91 Å². The number of nitrogens with zero attached hydrogens (tertiary/aromatic N) is 3. The zero-order chi connectivity index (χ0) is 17.9. The van der Waals surface area contributed by atoms with Crippen LogP contribution in [0.25, 0.3) is 16.9 Å². The molecule has 0 saturated heterocycles. The van der Waals surface area contributed by atoms with Gasteiger partial charge in [-0.3, -0.25) is 14.2 Å². The number of benzene rings is 1. The molecule has 0 aliphatic rings. The highest BCUT2D eigenvalue weighted by molar-refractivity contribution is 6.30. The van der Waals surface area contributed by atoms with Crippen LogP contribution in [-0.2, 0) is 11.2 Å². The summed E-state index contributed by atoms with van der Waals surface area (Å²) in [6.45, 7) is 0. The van der Waals surface area contributed by atoms with E-state index < -0.39 is 0 Å². The lowest BCUT2D eigenvalue weighted by Gasteiger charge is -2.08. The summed E-state index contributed by atoms with van der Waals surface area (Å²) in [5, 5.41) is 3.60. The Labute approximate surface area is 155 Å². The Bertz CT molecular complexity index is 1060. The van der Waals surface area contributed by atoms with Gasteiger partial charge in [-0.1, -0.05) is 23.7 Å². The molecule has 0 saturated carbocycles. The van der Waals surface area contributed by atoms with Gasteiger partial charge in [0.25, 0.3) is 0 Å². The highest BCUT2D eigenvalue weighted by Gasteiger charge is 2.11. The second-order valence-corrected chi connectivity index (χ2v) is 6.28. The molecule has 6 heteroatoms. The van der Waals surface area contributed by atoms with Gasteiger partial charge in [-0.2, -0.15) is 0 Å². The van der Waals surface area contributed by atoms with Crippen molar-refractivity contribution in [3.05, 3.63) is 83.9 Å². The fourth-order valence-corrected chi connectivity index (χ4v) is 2.95. The van der Waals surface area contributed by atoms with Gasteiger partial charge in [0.1, 0.15) is 0 Å². The fourth-order valence-electron chi connectivity index (χ4n) is 2.83. The van der Waals surface area contributed by atoms with Crippen molar-refractivity contribution in [3.63, 3.8) is 0 Å². The first-order valence-electron chi connectivity index (χ1n) is 8.11. The number of hydrogen-bond acceptors (Lipinski definition) is 3. The number of fused-ring (bicyclic) bond motifs is 1. The average molecular weight is 363 g/mol. The smallest absolute Gasteiger partial charge is 0.228 e. The quantitative estimate of drug-likeness (QED) is 0.591. The number of pyridine rings is 2. The summed E-state index contributed by atoms with van der Waals surface area (Å²) in [5.74, 6) is -0.103. The van der Waals surface area contributed by atoms with Crippen molar-refractivity contribution in [1.29, 1.82) is 0 Å². The summed E-state index contributed by atoms with van der Waals surface area (Å²) in [7, 11) is 0. The molecule has 0 radical (unpaired) electrons. The molecule has 26 heavy (non-hydrogen) atoms. The summed E-state index contributed by atoms with van der Waals surface area (Å²) in [4.78, 5) is 20.9. The molecular formula is C20H15ClN4O. The number of rotatable bonds is 4. The maximum absolute atomic E-state index is 12.4. The van der Waals surface area contributed by atoms with Crippen LogP contribution in [-0.4, -0.2) is 20.3 Å².